The summed E-state index contributed by atoms with van der Waals surface area (Å²) in [6.07, 6.45) is 0.328. The summed E-state index contributed by atoms with van der Waals surface area (Å²) in [7, 11) is 1.51. The molecule has 9 heteroatoms. The van der Waals surface area contributed by atoms with Crippen molar-refractivity contribution in [3.63, 3.8) is 0 Å². The Bertz CT molecular complexity index is 987. The van der Waals surface area contributed by atoms with E-state index in [-0.39, 0.29) is 24.2 Å². The number of methoxy groups -OCH3 is 1. The van der Waals surface area contributed by atoms with Gasteiger partial charge in [-0.15, -0.1) is 0 Å². The number of carbonyl (C=O) groups is 3. The van der Waals surface area contributed by atoms with Gasteiger partial charge >= 0.3 is 12.2 Å². The third kappa shape index (κ3) is 3.36. The lowest BCUT2D eigenvalue weighted by Crippen LogP contribution is -2.53. The molecular weight excluding hydrogens is 416 g/mol. The highest BCUT2D eigenvalue weighted by molar-refractivity contribution is 5.80. The van der Waals surface area contributed by atoms with Crippen molar-refractivity contribution < 1.29 is 33.3 Å². The molecule has 0 radical (unpaired) electrons. The first-order valence-electron chi connectivity index (χ1n) is 10.7. The summed E-state index contributed by atoms with van der Waals surface area (Å²) < 4.78 is 22.5. The van der Waals surface area contributed by atoms with E-state index in [0.29, 0.717) is 17.1 Å². The number of fused-ring (bicyclic) bond motifs is 5. The molecule has 1 aliphatic carbocycles. The molecule has 0 unspecified atom stereocenters. The van der Waals surface area contributed by atoms with Gasteiger partial charge < -0.3 is 18.9 Å². The molecule has 9 nitrogen and oxygen atoms in total. The van der Waals surface area contributed by atoms with E-state index in [1.54, 1.807) is 39.8 Å². The molecule has 4 rings (SSSR count). The van der Waals surface area contributed by atoms with Gasteiger partial charge in [0.1, 0.15) is 12.4 Å². The summed E-state index contributed by atoms with van der Waals surface area (Å²) in [4.78, 5) is 37.7. The van der Waals surface area contributed by atoms with Crippen LogP contribution in [0.25, 0.3) is 0 Å². The molecule has 0 saturated carbocycles. The maximum atomic E-state index is 13.2. The van der Waals surface area contributed by atoms with Gasteiger partial charge in [0.2, 0.25) is 0 Å². The number of ether oxygens (including phenoxy) is 4. The highest BCUT2D eigenvalue weighted by atomic mass is 16.6. The van der Waals surface area contributed by atoms with Crippen LogP contribution >= 0.6 is 0 Å². The molecule has 1 aromatic carbocycles. The minimum atomic E-state index is -0.645. The molecule has 172 valence electrons. The number of benzene rings is 1. The molecule has 1 saturated heterocycles. The third-order valence-electron chi connectivity index (χ3n) is 5.86. The van der Waals surface area contributed by atoms with Gasteiger partial charge in [-0.3, -0.25) is 4.79 Å². The fourth-order valence-corrected chi connectivity index (χ4v) is 4.71. The van der Waals surface area contributed by atoms with Crippen molar-refractivity contribution >= 4 is 18.5 Å². The molecule has 2 heterocycles. The molecule has 4 atom stereocenters. The van der Waals surface area contributed by atoms with Gasteiger partial charge in [0, 0.05) is 11.1 Å². The Labute approximate surface area is 186 Å². The van der Waals surface area contributed by atoms with Gasteiger partial charge in [-0.1, -0.05) is 0 Å². The topological polar surface area (TPSA) is 94.6 Å². The molecule has 3 aliphatic rings. The SMILES string of the molecule is COc1cc(C=O)cc2c1O[C@@H]1C=C3[C@H]([C@H]21)N(C(=O)OC(C)C)N(C(=O)OC(C)C)[C@H]3C. The molecular formula is C23H28N2O7. The molecule has 32 heavy (non-hydrogen) atoms. The van der Waals surface area contributed by atoms with Crippen molar-refractivity contribution in [3.8, 4) is 11.5 Å². The summed E-state index contributed by atoms with van der Waals surface area (Å²) in [5, 5.41) is 2.65. The van der Waals surface area contributed by atoms with Crippen LogP contribution in [0.4, 0.5) is 9.59 Å². The van der Waals surface area contributed by atoms with Crippen LogP contribution in [-0.4, -0.2) is 66.0 Å². The van der Waals surface area contributed by atoms with Gasteiger partial charge in [0.05, 0.1) is 37.3 Å². The second-order valence-corrected chi connectivity index (χ2v) is 8.71. The van der Waals surface area contributed by atoms with E-state index < -0.39 is 24.3 Å². The molecule has 0 bridgehead atoms. The Morgan fingerprint density at radius 1 is 1.06 bits per heavy atom. The van der Waals surface area contributed by atoms with E-state index in [1.807, 2.05) is 13.0 Å². The zero-order chi connectivity index (χ0) is 23.3. The van der Waals surface area contributed by atoms with E-state index in [0.717, 1.165) is 17.4 Å². The van der Waals surface area contributed by atoms with Crippen molar-refractivity contribution in [1.82, 2.24) is 10.0 Å². The lowest BCUT2D eigenvalue weighted by atomic mass is 9.89. The van der Waals surface area contributed by atoms with Crippen LogP contribution in [-0.2, 0) is 9.47 Å². The Balaban J connectivity index is 1.80. The van der Waals surface area contributed by atoms with Crippen molar-refractivity contribution in [3.05, 3.63) is 34.9 Å². The second kappa shape index (κ2) is 8.03. The molecule has 0 N–H and O–H groups in total. The van der Waals surface area contributed by atoms with Crippen LogP contribution in [0, 0.1) is 0 Å². The first-order chi connectivity index (χ1) is 15.2. The minimum Gasteiger partial charge on any atom is -0.493 e. The highest BCUT2D eigenvalue weighted by Crippen LogP contribution is 2.55. The molecule has 2 amide bonds. The molecule has 2 aliphatic heterocycles. The van der Waals surface area contributed by atoms with Crippen molar-refractivity contribution in [2.75, 3.05) is 7.11 Å². The first kappa shape index (κ1) is 22.0. The maximum Gasteiger partial charge on any atom is 0.429 e. The number of rotatable bonds is 4. The van der Waals surface area contributed by atoms with E-state index >= 15 is 0 Å². The van der Waals surface area contributed by atoms with Crippen LogP contribution < -0.4 is 9.47 Å². The standard InChI is InChI=1S/C23H28N2O7/c1-11(2)30-22(27)24-13(5)15-9-17-19(20(15)25(24)23(28)31-12(3)4)16-7-14(10-26)8-18(29-6)21(16)32-17/h7-13,17,19-20H,1-6H3/t13-,17+,19+,20+/m0/s1. The zero-order valence-electron chi connectivity index (χ0n) is 19.0. The Morgan fingerprint density at radius 3 is 2.25 bits per heavy atom. The van der Waals surface area contributed by atoms with Gasteiger partial charge in [0.25, 0.3) is 0 Å². The predicted molar refractivity (Wildman–Crippen MR) is 114 cm³/mol. The molecule has 0 spiro atoms. The third-order valence-corrected chi connectivity index (χ3v) is 5.86. The summed E-state index contributed by atoms with van der Waals surface area (Å²) in [5.41, 5.74) is 2.06. The lowest BCUT2D eigenvalue weighted by Gasteiger charge is -2.34. The average molecular weight is 444 g/mol. The van der Waals surface area contributed by atoms with Crippen LogP contribution in [0.3, 0.4) is 0 Å². The fraction of sp³-hybridized carbons (Fsp3) is 0.522. The number of amides is 2. The number of hydrogen-bond donors (Lipinski definition) is 0. The van der Waals surface area contributed by atoms with E-state index in [4.69, 9.17) is 18.9 Å². The molecule has 1 aromatic rings. The van der Waals surface area contributed by atoms with E-state index in [1.165, 1.54) is 17.1 Å². The summed E-state index contributed by atoms with van der Waals surface area (Å²) in [6, 6.07) is 2.41. The van der Waals surface area contributed by atoms with Gasteiger partial charge in [-0.05, 0) is 58.4 Å². The van der Waals surface area contributed by atoms with E-state index in [2.05, 4.69) is 0 Å². The largest absolute Gasteiger partial charge is 0.493 e. The van der Waals surface area contributed by atoms with Crippen LogP contribution in [0.15, 0.2) is 23.8 Å². The fourth-order valence-electron chi connectivity index (χ4n) is 4.71. The summed E-state index contributed by atoms with van der Waals surface area (Å²) in [5.74, 6) is 0.664. The monoisotopic (exact) mass is 444 g/mol. The number of nitrogens with zero attached hydrogens (tertiary/aromatic N) is 2. The number of hydrogen-bond acceptors (Lipinski definition) is 7. The van der Waals surface area contributed by atoms with Crippen LogP contribution in [0.1, 0.15) is 56.5 Å². The minimum absolute atomic E-state index is 0.326. The van der Waals surface area contributed by atoms with E-state index in [9.17, 15) is 14.4 Å². The predicted octanol–water partition coefficient (Wildman–Crippen LogP) is 3.67. The highest BCUT2D eigenvalue weighted by Gasteiger charge is 2.59. The van der Waals surface area contributed by atoms with Gasteiger partial charge in [-0.2, -0.15) is 0 Å². The van der Waals surface area contributed by atoms with Gasteiger partial charge in [-0.25, -0.2) is 19.6 Å². The smallest absolute Gasteiger partial charge is 0.429 e. The van der Waals surface area contributed by atoms with Gasteiger partial charge in [0.15, 0.2) is 11.5 Å². The van der Waals surface area contributed by atoms with Crippen molar-refractivity contribution in [1.29, 1.82) is 0 Å². The van der Waals surface area contributed by atoms with Crippen molar-refractivity contribution in [2.45, 2.75) is 70.9 Å². The Kier molecular flexibility index (Phi) is 5.52. The second-order valence-electron chi connectivity index (χ2n) is 8.71. The number of aldehydes is 1. The quantitative estimate of drug-likeness (QED) is 0.516. The average Bonchev–Trinajstić information content (AvgIpc) is 3.33. The Hall–Kier alpha value is -3.23. The maximum absolute atomic E-state index is 13.2. The number of carbonyl (C=O) groups excluding carboxylic acids is 3. The Morgan fingerprint density at radius 2 is 1.69 bits per heavy atom. The van der Waals surface area contributed by atoms with Crippen LogP contribution in [0.5, 0.6) is 11.5 Å². The molecule has 0 aromatic heterocycles. The summed E-state index contributed by atoms with van der Waals surface area (Å²) in [6.45, 7) is 8.84. The van der Waals surface area contributed by atoms with Crippen molar-refractivity contribution in [2.24, 2.45) is 0 Å². The van der Waals surface area contributed by atoms with Crippen LogP contribution in [0.2, 0.25) is 0 Å². The summed E-state index contributed by atoms with van der Waals surface area (Å²) >= 11 is 0. The lowest BCUT2D eigenvalue weighted by molar-refractivity contribution is -0.0394. The normalized spacial score (nSPS) is 25.2. The zero-order valence-corrected chi connectivity index (χ0v) is 19.0. The number of hydrazine groups is 1. The molecule has 1 fully saturated rings. The first-order valence-corrected chi connectivity index (χ1v) is 10.7.